The first-order chi connectivity index (χ1) is 16.2. The summed E-state index contributed by atoms with van der Waals surface area (Å²) in [5, 5.41) is 10.4. The molecule has 2 atom stereocenters. The Morgan fingerprint density at radius 2 is 1.86 bits per heavy atom. The molecule has 1 aromatic carbocycles. The molecule has 10 heteroatoms. The number of carbonyl (C=O) groups excluding carboxylic acids is 2. The molecular weight excluding hydrogens is 474 g/mol. The summed E-state index contributed by atoms with van der Waals surface area (Å²) in [5.41, 5.74) is -1.58. The molecule has 0 bridgehead atoms. The number of rotatable bonds is 4. The fraction of sp³-hybridized carbons (Fsp3) is 0.640. The highest BCUT2D eigenvalue weighted by Crippen LogP contribution is 2.35. The lowest BCUT2D eigenvalue weighted by molar-refractivity contribution is -0.143. The van der Waals surface area contributed by atoms with Crippen molar-refractivity contribution >= 4 is 29.7 Å². The molecule has 0 aliphatic carbocycles. The number of likely N-dealkylation sites (tertiary alicyclic amines) is 1. The van der Waals surface area contributed by atoms with Crippen LogP contribution in [-0.4, -0.2) is 87.6 Å². The smallest absolute Gasteiger partial charge is 0.410 e. The van der Waals surface area contributed by atoms with E-state index in [-0.39, 0.29) is 19.1 Å². The number of piperidine rings is 1. The third-order valence-electron chi connectivity index (χ3n) is 6.67. The number of hydrogen-bond donors (Lipinski definition) is 1. The second kappa shape index (κ2) is 9.85. The van der Waals surface area contributed by atoms with E-state index in [1.54, 1.807) is 42.8 Å². The van der Waals surface area contributed by atoms with Gasteiger partial charge in [-0.15, -0.1) is 0 Å². The lowest BCUT2D eigenvalue weighted by Gasteiger charge is -2.49. The predicted octanol–water partition coefficient (Wildman–Crippen LogP) is 4.23. The Labute approximate surface area is 211 Å². The maximum Gasteiger partial charge on any atom is 0.410 e. The van der Waals surface area contributed by atoms with E-state index in [0.29, 0.717) is 30.8 Å². The number of ether oxygens (including phenoxy) is 2. The zero-order valence-corrected chi connectivity index (χ0v) is 22.1. The number of likely N-dealkylation sites (N-methyl/N-ethyl adjacent to an activating group) is 1. The average Bonchev–Trinajstić information content (AvgIpc) is 3.08. The van der Waals surface area contributed by atoms with Crippen LogP contribution in [0.2, 0.25) is 5.02 Å². The maximum absolute atomic E-state index is 13.8. The summed E-state index contributed by atoms with van der Waals surface area (Å²) in [6.45, 7) is 9.44. The Balaban J connectivity index is 1.94. The molecule has 3 rings (SSSR count). The van der Waals surface area contributed by atoms with Crippen LogP contribution in [0.25, 0.3) is 0 Å². The zero-order valence-electron chi connectivity index (χ0n) is 21.3. The van der Waals surface area contributed by atoms with E-state index in [0.717, 1.165) is 10.5 Å². The van der Waals surface area contributed by atoms with Gasteiger partial charge >= 0.3 is 12.2 Å². The Kier molecular flexibility index (Phi) is 7.62. The van der Waals surface area contributed by atoms with E-state index in [1.807, 2.05) is 32.9 Å². The summed E-state index contributed by atoms with van der Waals surface area (Å²) in [6, 6.07) is 6.41. The molecule has 2 fully saturated rings. The van der Waals surface area contributed by atoms with Gasteiger partial charge in [-0.3, -0.25) is 9.69 Å². The van der Waals surface area contributed by atoms with Crippen molar-refractivity contribution in [1.29, 1.82) is 0 Å². The van der Waals surface area contributed by atoms with Gasteiger partial charge in [0, 0.05) is 25.2 Å². The van der Waals surface area contributed by atoms with Crippen molar-refractivity contribution in [1.82, 2.24) is 14.7 Å². The second-order valence-electron chi connectivity index (χ2n) is 10.9. The van der Waals surface area contributed by atoms with Gasteiger partial charge in [0.2, 0.25) is 5.91 Å². The van der Waals surface area contributed by atoms with Gasteiger partial charge in [-0.05, 0) is 71.6 Å². The molecule has 0 radical (unpaired) electrons. The minimum absolute atomic E-state index is 0.0325. The second-order valence-corrected chi connectivity index (χ2v) is 11.3. The summed E-state index contributed by atoms with van der Waals surface area (Å²) in [4.78, 5) is 43.1. The highest BCUT2D eigenvalue weighted by atomic mass is 35.5. The first kappa shape index (κ1) is 27.1. The van der Waals surface area contributed by atoms with Crippen LogP contribution < -0.4 is 0 Å². The van der Waals surface area contributed by atoms with Crippen LogP contribution in [0.3, 0.4) is 0 Å². The monoisotopic (exact) mass is 509 g/mol. The number of halogens is 1. The van der Waals surface area contributed by atoms with E-state index in [4.69, 9.17) is 21.1 Å². The van der Waals surface area contributed by atoms with Gasteiger partial charge in [-0.25, -0.2) is 9.59 Å². The number of carboxylic acid groups (broad SMARTS) is 1. The fourth-order valence-corrected chi connectivity index (χ4v) is 5.04. The van der Waals surface area contributed by atoms with Crippen LogP contribution in [-0.2, 0) is 20.7 Å². The Bertz CT molecular complexity index is 961. The van der Waals surface area contributed by atoms with E-state index in [1.165, 1.54) is 0 Å². The Morgan fingerprint density at radius 1 is 1.23 bits per heavy atom. The summed E-state index contributed by atoms with van der Waals surface area (Å²) in [5.74, 6) is -0.363. The fourth-order valence-electron chi connectivity index (χ4n) is 4.92. The van der Waals surface area contributed by atoms with Crippen LogP contribution in [0.1, 0.15) is 53.0 Å². The van der Waals surface area contributed by atoms with E-state index >= 15 is 0 Å². The molecule has 2 saturated heterocycles. The topological polar surface area (TPSA) is 99.6 Å². The minimum atomic E-state index is -1.22. The van der Waals surface area contributed by atoms with Crippen molar-refractivity contribution in [2.75, 3.05) is 26.7 Å². The molecule has 1 N–H and O–H groups in total. The third kappa shape index (κ3) is 6.01. The first-order valence-electron chi connectivity index (χ1n) is 11.8. The SMILES string of the molecule is CN(C(=O)C1COC(C)(C)N1C(=O)O)C1(Cc2ccc(Cl)cc2)CCCN(C(=O)OC(C)(C)C)C1. The van der Waals surface area contributed by atoms with E-state index < -0.39 is 35.1 Å². The molecule has 2 heterocycles. The highest BCUT2D eigenvalue weighted by molar-refractivity contribution is 6.30. The van der Waals surface area contributed by atoms with Crippen molar-refractivity contribution in [3.05, 3.63) is 34.9 Å². The summed E-state index contributed by atoms with van der Waals surface area (Å²) in [6.07, 6.45) is 0.123. The lowest BCUT2D eigenvalue weighted by atomic mass is 9.81. The van der Waals surface area contributed by atoms with E-state index in [9.17, 15) is 19.5 Å². The van der Waals surface area contributed by atoms with Gasteiger partial charge in [0.05, 0.1) is 12.1 Å². The Morgan fingerprint density at radius 3 is 2.43 bits per heavy atom. The first-order valence-corrected chi connectivity index (χ1v) is 12.2. The van der Waals surface area contributed by atoms with Crippen LogP contribution in [0, 0.1) is 0 Å². The molecule has 1 aromatic rings. The van der Waals surface area contributed by atoms with E-state index in [2.05, 4.69) is 0 Å². The molecule has 2 unspecified atom stereocenters. The molecule has 2 aliphatic rings. The summed E-state index contributed by atoms with van der Waals surface area (Å²) < 4.78 is 11.3. The third-order valence-corrected chi connectivity index (χ3v) is 6.92. The van der Waals surface area contributed by atoms with Crippen molar-refractivity contribution < 1.29 is 29.0 Å². The van der Waals surface area contributed by atoms with Gasteiger partial charge < -0.3 is 24.4 Å². The summed E-state index contributed by atoms with van der Waals surface area (Å²) >= 11 is 6.08. The molecule has 2 aliphatic heterocycles. The number of benzene rings is 1. The zero-order chi connectivity index (χ0) is 26.2. The normalized spacial score (nSPS) is 24.3. The lowest BCUT2D eigenvalue weighted by Crippen LogP contribution is -2.64. The minimum Gasteiger partial charge on any atom is -0.465 e. The van der Waals surface area contributed by atoms with Gasteiger partial charge in [0.1, 0.15) is 17.4 Å². The van der Waals surface area contributed by atoms with Crippen molar-refractivity contribution in [2.45, 2.75) is 76.8 Å². The van der Waals surface area contributed by atoms with Crippen LogP contribution in [0.5, 0.6) is 0 Å². The summed E-state index contributed by atoms with van der Waals surface area (Å²) in [7, 11) is 1.68. The molecule has 194 valence electrons. The van der Waals surface area contributed by atoms with Gasteiger partial charge in [-0.2, -0.15) is 0 Å². The van der Waals surface area contributed by atoms with Gasteiger partial charge in [-0.1, -0.05) is 23.7 Å². The molecule has 9 nitrogen and oxygen atoms in total. The average molecular weight is 510 g/mol. The highest BCUT2D eigenvalue weighted by Gasteiger charge is 2.51. The van der Waals surface area contributed by atoms with Gasteiger partial charge in [0.15, 0.2) is 0 Å². The van der Waals surface area contributed by atoms with Crippen LogP contribution in [0.4, 0.5) is 9.59 Å². The number of amides is 3. The standard InChI is InChI=1S/C25H36ClN3O6/c1-23(2,3)35-22(33)28-13-7-12-25(16-28,14-17-8-10-18(26)11-9-17)27(6)20(30)19-15-34-24(4,5)29(19)21(31)32/h8-11,19H,7,12-16H2,1-6H3,(H,31,32). The number of hydrogen-bond acceptors (Lipinski definition) is 5. The van der Waals surface area contributed by atoms with Crippen LogP contribution in [0.15, 0.2) is 24.3 Å². The molecule has 3 amide bonds. The molecular formula is C25H36ClN3O6. The molecule has 35 heavy (non-hydrogen) atoms. The maximum atomic E-state index is 13.8. The largest absolute Gasteiger partial charge is 0.465 e. The van der Waals surface area contributed by atoms with Crippen molar-refractivity contribution in [3.8, 4) is 0 Å². The number of carbonyl (C=O) groups is 3. The van der Waals surface area contributed by atoms with Gasteiger partial charge in [0.25, 0.3) is 0 Å². The molecule has 0 aromatic heterocycles. The van der Waals surface area contributed by atoms with Crippen molar-refractivity contribution in [3.63, 3.8) is 0 Å². The Hall–Kier alpha value is -2.52. The number of nitrogens with zero attached hydrogens (tertiary/aromatic N) is 3. The predicted molar refractivity (Wildman–Crippen MR) is 131 cm³/mol. The van der Waals surface area contributed by atoms with Crippen LogP contribution >= 0.6 is 11.6 Å². The molecule has 0 saturated carbocycles. The molecule has 0 spiro atoms. The van der Waals surface area contributed by atoms with Crippen molar-refractivity contribution in [2.24, 2.45) is 0 Å². The quantitative estimate of drug-likeness (QED) is 0.652.